The van der Waals surface area contributed by atoms with E-state index in [1.54, 1.807) is 4.90 Å². The third kappa shape index (κ3) is 2.78. The monoisotopic (exact) mass is 243 g/mol. The largest absolute Gasteiger partial charge is 0.393 e. The maximum atomic E-state index is 11.9. The summed E-state index contributed by atoms with van der Waals surface area (Å²) in [5.41, 5.74) is -1.10. The van der Waals surface area contributed by atoms with Crippen molar-refractivity contribution >= 4 is 5.91 Å². The molecule has 0 bridgehead atoms. The highest BCUT2D eigenvalue weighted by Gasteiger charge is 2.43. The Morgan fingerprint density at radius 1 is 1.29 bits per heavy atom. The van der Waals surface area contributed by atoms with Crippen LogP contribution in [-0.2, 0) is 4.79 Å². The van der Waals surface area contributed by atoms with Crippen molar-refractivity contribution in [3.05, 3.63) is 0 Å². The number of hydrogen-bond acceptors (Lipinski definition) is 4. The minimum Gasteiger partial charge on any atom is -0.393 e. The molecule has 0 radical (unpaired) electrons. The van der Waals surface area contributed by atoms with Crippen molar-refractivity contribution in [2.24, 2.45) is 5.92 Å². The molecule has 17 heavy (non-hydrogen) atoms. The molecule has 0 unspecified atom stereocenters. The maximum absolute atomic E-state index is 11.9. The molecule has 1 saturated carbocycles. The minimum atomic E-state index is -1.10. The number of rotatable bonds is 3. The number of hydrogen-bond donors (Lipinski definition) is 3. The lowest BCUT2D eigenvalue weighted by atomic mass is 9.83. The number of carbonyl (C=O) groups excluding carboxylic acids is 1. The fraction of sp³-hybridized carbons (Fsp3) is 0.917. The van der Waals surface area contributed by atoms with Gasteiger partial charge in [0.25, 0.3) is 0 Å². The van der Waals surface area contributed by atoms with Crippen molar-refractivity contribution in [3.63, 3.8) is 0 Å². The molecule has 1 aliphatic carbocycles. The number of aliphatic hydroxyl groups excluding tert-OH is 2. The van der Waals surface area contributed by atoms with Crippen LogP contribution < -0.4 is 0 Å². The second-order valence-electron chi connectivity index (χ2n) is 5.45. The van der Waals surface area contributed by atoms with Gasteiger partial charge in [-0.2, -0.15) is 0 Å². The van der Waals surface area contributed by atoms with Crippen LogP contribution in [0.5, 0.6) is 0 Å². The predicted octanol–water partition coefficient (Wildman–Crippen LogP) is -0.507. The van der Waals surface area contributed by atoms with Crippen molar-refractivity contribution < 1.29 is 20.1 Å². The lowest BCUT2D eigenvalue weighted by Crippen LogP contribution is -2.65. The molecule has 2 aliphatic rings. The zero-order valence-electron chi connectivity index (χ0n) is 10.0. The molecule has 1 amide bonds. The van der Waals surface area contributed by atoms with Crippen molar-refractivity contribution in [2.75, 3.05) is 19.7 Å². The summed E-state index contributed by atoms with van der Waals surface area (Å²) in [6, 6.07) is 0. The Bertz CT molecular complexity index is 288. The van der Waals surface area contributed by atoms with Crippen molar-refractivity contribution in [2.45, 2.75) is 43.8 Å². The molecular formula is C12H21NO4. The number of β-amino-alcohol motifs (C(OH)–C–C–N with tert-alkyl or cyclic N) is 1. The summed E-state index contributed by atoms with van der Waals surface area (Å²) in [6.07, 6.45) is 3.83. The molecule has 2 atom stereocenters. The van der Waals surface area contributed by atoms with Crippen molar-refractivity contribution in [1.29, 1.82) is 0 Å². The molecule has 98 valence electrons. The first kappa shape index (κ1) is 12.8. The summed E-state index contributed by atoms with van der Waals surface area (Å²) >= 11 is 0. The van der Waals surface area contributed by atoms with Crippen LogP contribution >= 0.6 is 0 Å². The lowest BCUT2D eigenvalue weighted by molar-refractivity contribution is -0.164. The Kier molecular flexibility index (Phi) is 3.70. The SMILES string of the molecule is O=C(C[C@H]1CCCC[C@@H]1O)N1CC(O)(CO)C1. The first-order chi connectivity index (χ1) is 8.04. The van der Waals surface area contributed by atoms with E-state index >= 15 is 0 Å². The molecule has 0 aromatic rings. The second-order valence-corrected chi connectivity index (χ2v) is 5.45. The normalized spacial score (nSPS) is 32.1. The van der Waals surface area contributed by atoms with Gasteiger partial charge in [0.05, 0.1) is 25.8 Å². The van der Waals surface area contributed by atoms with Gasteiger partial charge in [0.15, 0.2) is 0 Å². The summed E-state index contributed by atoms with van der Waals surface area (Å²) in [4.78, 5) is 13.4. The molecule has 5 heteroatoms. The van der Waals surface area contributed by atoms with E-state index in [2.05, 4.69) is 0 Å². The third-order valence-corrected chi connectivity index (χ3v) is 3.92. The van der Waals surface area contributed by atoms with Gasteiger partial charge in [-0.05, 0) is 18.8 Å². The van der Waals surface area contributed by atoms with Gasteiger partial charge < -0.3 is 20.2 Å². The zero-order chi connectivity index (χ0) is 12.5. The first-order valence-corrected chi connectivity index (χ1v) is 6.33. The first-order valence-electron chi connectivity index (χ1n) is 6.33. The van der Waals surface area contributed by atoms with Gasteiger partial charge in [0, 0.05) is 6.42 Å². The van der Waals surface area contributed by atoms with Crippen molar-refractivity contribution in [3.8, 4) is 0 Å². The molecule has 2 fully saturated rings. The summed E-state index contributed by atoms with van der Waals surface area (Å²) < 4.78 is 0. The third-order valence-electron chi connectivity index (χ3n) is 3.92. The smallest absolute Gasteiger partial charge is 0.223 e. The predicted molar refractivity (Wildman–Crippen MR) is 61.2 cm³/mol. The highest BCUT2D eigenvalue weighted by Crippen LogP contribution is 2.29. The molecule has 1 heterocycles. The summed E-state index contributed by atoms with van der Waals surface area (Å²) in [7, 11) is 0. The number of carbonyl (C=O) groups is 1. The number of amides is 1. The summed E-state index contributed by atoms with van der Waals surface area (Å²) in [6.45, 7) is 0.124. The van der Waals surface area contributed by atoms with Crippen LogP contribution in [0.4, 0.5) is 0 Å². The highest BCUT2D eigenvalue weighted by atomic mass is 16.3. The molecule has 3 N–H and O–H groups in total. The Morgan fingerprint density at radius 2 is 1.94 bits per heavy atom. The van der Waals surface area contributed by atoms with Gasteiger partial charge in [-0.1, -0.05) is 12.8 Å². The lowest BCUT2D eigenvalue weighted by Gasteiger charge is -2.46. The quantitative estimate of drug-likeness (QED) is 0.624. The molecule has 0 spiro atoms. The molecule has 0 aromatic carbocycles. The number of aliphatic hydroxyl groups is 3. The molecule has 2 rings (SSSR count). The Labute approximate surface area is 101 Å². The Balaban J connectivity index is 1.78. The average Bonchev–Trinajstić information content (AvgIpc) is 2.28. The van der Waals surface area contributed by atoms with E-state index in [9.17, 15) is 15.0 Å². The van der Waals surface area contributed by atoms with E-state index in [0.29, 0.717) is 6.42 Å². The van der Waals surface area contributed by atoms with E-state index in [-0.39, 0.29) is 37.6 Å². The van der Waals surface area contributed by atoms with Crippen LogP contribution in [0, 0.1) is 5.92 Å². The number of likely N-dealkylation sites (tertiary alicyclic amines) is 1. The highest BCUT2D eigenvalue weighted by molar-refractivity contribution is 5.77. The van der Waals surface area contributed by atoms with Crippen LogP contribution in [0.2, 0.25) is 0 Å². The van der Waals surface area contributed by atoms with E-state index in [1.807, 2.05) is 0 Å². The van der Waals surface area contributed by atoms with E-state index in [4.69, 9.17) is 5.11 Å². The van der Waals surface area contributed by atoms with E-state index < -0.39 is 5.60 Å². The second kappa shape index (κ2) is 4.92. The van der Waals surface area contributed by atoms with Crippen LogP contribution in [0.15, 0.2) is 0 Å². The summed E-state index contributed by atoms with van der Waals surface area (Å²) in [5.74, 6) is 0.0492. The standard InChI is InChI=1S/C12H21NO4/c14-8-12(17)6-13(7-12)11(16)5-9-3-1-2-4-10(9)15/h9-10,14-15,17H,1-8H2/t9-,10+/m1/s1. The van der Waals surface area contributed by atoms with Crippen LogP contribution in [0.1, 0.15) is 32.1 Å². The van der Waals surface area contributed by atoms with Gasteiger partial charge in [0.2, 0.25) is 5.91 Å². The fourth-order valence-corrected chi connectivity index (χ4v) is 2.72. The van der Waals surface area contributed by atoms with Gasteiger partial charge >= 0.3 is 0 Å². The molecule has 1 aliphatic heterocycles. The van der Waals surface area contributed by atoms with Crippen molar-refractivity contribution in [1.82, 2.24) is 4.90 Å². The summed E-state index contributed by atoms with van der Waals surface area (Å²) in [5, 5.41) is 28.3. The molecule has 1 saturated heterocycles. The minimum absolute atomic E-state index is 0.0194. The van der Waals surface area contributed by atoms with Crippen LogP contribution in [0.3, 0.4) is 0 Å². The van der Waals surface area contributed by atoms with E-state index in [1.165, 1.54) is 0 Å². The maximum Gasteiger partial charge on any atom is 0.223 e. The van der Waals surface area contributed by atoms with E-state index in [0.717, 1.165) is 25.7 Å². The van der Waals surface area contributed by atoms with Crippen LogP contribution in [0.25, 0.3) is 0 Å². The average molecular weight is 243 g/mol. The van der Waals surface area contributed by atoms with Crippen LogP contribution in [-0.4, -0.2) is 57.5 Å². The van der Waals surface area contributed by atoms with Gasteiger partial charge in [0.1, 0.15) is 5.60 Å². The zero-order valence-corrected chi connectivity index (χ0v) is 10.0. The Hall–Kier alpha value is -0.650. The topological polar surface area (TPSA) is 81.0 Å². The Morgan fingerprint density at radius 3 is 2.53 bits per heavy atom. The van der Waals surface area contributed by atoms with Gasteiger partial charge in [-0.25, -0.2) is 0 Å². The van der Waals surface area contributed by atoms with Gasteiger partial charge in [-0.3, -0.25) is 4.79 Å². The van der Waals surface area contributed by atoms with Gasteiger partial charge in [-0.15, -0.1) is 0 Å². The molecule has 5 nitrogen and oxygen atoms in total. The number of nitrogens with zero attached hydrogens (tertiary/aromatic N) is 1. The molecular weight excluding hydrogens is 222 g/mol. The molecule has 0 aromatic heterocycles. The fourth-order valence-electron chi connectivity index (χ4n) is 2.72.